The molecule has 0 fully saturated rings. The van der Waals surface area contributed by atoms with Gasteiger partial charge in [-0.3, -0.25) is 0 Å². The van der Waals surface area contributed by atoms with Crippen molar-refractivity contribution < 1.29 is 21.9 Å². The van der Waals surface area contributed by atoms with Gasteiger partial charge in [-0.2, -0.15) is 0 Å². The van der Waals surface area contributed by atoms with Crippen molar-refractivity contribution in [3.05, 3.63) is 82.9 Å². The molecule has 106 valence electrons. The van der Waals surface area contributed by atoms with Gasteiger partial charge in [0.15, 0.2) is 0 Å². The average molecular weight is 449 g/mol. The summed E-state index contributed by atoms with van der Waals surface area (Å²) in [5.41, 5.74) is 5.81. The van der Waals surface area contributed by atoms with Gasteiger partial charge in [-0.1, -0.05) is 0 Å². The third-order valence-corrected chi connectivity index (χ3v) is 9.05. The minimum atomic E-state index is -0.863. The fourth-order valence-corrected chi connectivity index (χ4v) is 7.88. The summed E-state index contributed by atoms with van der Waals surface area (Å²) in [6, 6.07) is 17.7. The first-order chi connectivity index (χ1) is 10.9. The second-order valence-electron chi connectivity index (χ2n) is 5.82. The van der Waals surface area contributed by atoms with Gasteiger partial charge in [-0.15, -0.1) is 0 Å². The Morgan fingerprint density at radius 3 is 1.82 bits per heavy atom. The Kier molecular flexibility index (Phi) is 3.83. The van der Waals surface area contributed by atoms with E-state index >= 15 is 0 Å². The molecule has 0 aromatic heterocycles. The van der Waals surface area contributed by atoms with Crippen LogP contribution in [0.2, 0.25) is 0 Å². The molecule has 0 radical (unpaired) electrons. The molecule has 2 aliphatic rings. The molecule has 0 amide bonds. The Bertz CT molecular complexity index is 784. The van der Waals surface area contributed by atoms with Crippen molar-refractivity contribution >= 4 is 19.2 Å². The number of hydrogen-bond donors (Lipinski definition) is 0. The Balaban J connectivity index is 1.81. The van der Waals surface area contributed by atoms with Crippen LogP contribution in [-0.4, -0.2) is 7.01 Å². The van der Waals surface area contributed by atoms with Gasteiger partial charge < -0.3 is 0 Å². The Labute approximate surface area is 142 Å². The maximum absolute atomic E-state index is 2.48. The zero-order chi connectivity index (χ0) is 14.9. The van der Waals surface area contributed by atoms with E-state index in [0.717, 1.165) is 0 Å². The van der Waals surface area contributed by atoms with Crippen molar-refractivity contribution in [2.45, 2.75) is 18.8 Å². The summed E-state index contributed by atoms with van der Waals surface area (Å²) in [5.74, 6) is 1.05. The van der Waals surface area contributed by atoms with Crippen LogP contribution in [0.5, 0.6) is 0 Å². The van der Waals surface area contributed by atoms with E-state index in [9.17, 15) is 0 Å². The van der Waals surface area contributed by atoms with Gasteiger partial charge in [-0.25, -0.2) is 0 Å². The number of benzene rings is 2. The molecule has 2 aromatic carbocycles. The summed E-state index contributed by atoms with van der Waals surface area (Å²) in [6.07, 6.45) is 9.46. The standard InChI is InChI=1S/C19H14.C2H4.Hf/c1-3-7-18-14(5-1)9-11-16(18)13-17-12-10-15-6-2-4-8-19(15)17;1-2;/h1-12,16-17H;1H,2H3;. The fourth-order valence-electron chi connectivity index (χ4n) is 3.58. The zero-order valence-corrected chi connectivity index (χ0v) is 16.3. The first-order valence-corrected chi connectivity index (χ1v) is 11.7. The molecule has 0 nitrogen and oxygen atoms in total. The topological polar surface area (TPSA) is 0 Å². The summed E-state index contributed by atoms with van der Waals surface area (Å²) in [4.78, 5) is 0. The molecule has 4 rings (SSSR count). The number of hydrogen-bond acceptors (Lipinski definition) is 0. The Morgan fingerprint density at radius 1 is 0.818 bits per heavy atom. The number of allylic oxidation sites excluding steroid dienone is 2. The van der Waals surface area contributed by atoms with Crippen LogP contribution in [0.3, 0.4) is 0 Å². The van der Waals surface area contributed by atoms with Crippen LogP contribution in [0.4, 0.5) is 0 Å². The minimum absolute atomic E-state index is 0.525. The summed E-state index contributed by atoms with van der Waals surface area (Å²) >= 11 is -0.863. The van der Waals surface area contributed by atoms with Crippen LogP contribution < -0.4 is 0 Å². The maximum atomic E-state index is 2.48. The molecule has 0 saturated heterocycles. The van der Waals surface area contributed by atoms with Gasteiger partial charge >= 0.3 is 143 Å². The van der Waals surface area contributed by atoms with Crippen molar-refractivity contribution in [3.63, 3.8) is 0 Å². The third kappa shape index (κ3) is 2.32. The second kappa shape index (κ2) is 5.96. The average Bonchev–Trinajstić information content (AvgIpc) is 3.17. The van der Waals surface area contributed by atoms with Crippen molar-refractivity contribution in [1.29, 1.82) is 0 Å². The predicted octanol–water partition coefficient (Wildman–Crippen LogP) is 4.68. The van der Waals surface area contributed by atoms with Crippen molar-refractivity contribution in [1.82, 2.24) is 0 Å². The van der Waals surface area contributed by atoms with E-state index in [0.29, 0.717) is 11.8 Å². The molecule has 22 heavy (non-hydrogen) atoms. The van der Waals surface area contributed by atoms with Crippen molar-refractivity contribution in [3.8, 4) is 0 Å². The number of fused-ring (bicyclic) bond motifs is 2. The molecular formula is C21H18Hf. The monoisotopic (exact) mass is 450 g/mol. The van der Waals surface area contributed by atoms with Crippen molar-refractivity contribution in [2.75, 3.05) is 0 Å². The van der Waals surface area contributed by atoms with Gasteiger partial charge in [0.25, 0.3) is 0 Å². The first kappa shape index (κ1) is 14.1. The molecule has 2 aliphatic carbocycles. The fraction of sp³-hybridized carbons (Fsp3) is 0.143. The normalized spacial score (nSPS) is 20.4. The van der Waals surface area contributed by atoms with E-state index in [2.05, 4.69) is 83.5 Å². The number of rotatable bonds is 2. The molecular weight excluding hydrogens is 431 g/mol. The van der Waals surface area contributed by atoms with Crippen LogP contribution in [0, 0.1) is 0 Å². The molecule has 0 heterocycles. The molecule has 0 aliphatic heterocycles. The molecule has 2 atom stereocenters. The quantitative estimate of drug-likeness (QED) is 0.585. The van der Waals surface area contributed by atoms with Crippen LogP contribution in [-0.2, 0) is 21.9 Å². The summed E-state index contributed by atoms with van der Waals surface area (Å²) in [7, 11) is 0. The van der Waals surface area contributed by atoms with Gasteiger partial charge in [0, 0.05) is 0 Å². The van der Waals surface area contributed by atoms with E-state index in [1.165, 1.54) is 22.3 Å². The van der Waals surface area contributed by atoms with Crippen molar-refractivity contribution in [2.24, 2.45) is 0 Å². The van der Waals surface area contributed by atoms with E-state index in [4.69, 9.17) is 0 Å². The van der Waals surface area contributed by atoms with Gasteiger partial charge in [0.1, 0.15) is 0 Å². The zero-order valence-electron chi connectivity index (χ0n) is 12.7. The summed E-state index contributed by atoms with van der Waals surface area (Å²) < 4.78 is 4.27. The molecule has 0 spiro atoms. The molecule has 0 bridgehead atoms. The first-order valence-electron chi connectivity index (χ1n) is 7.84. The second-order valence-corrected chi connectivity index (χ2v) is 11.0. The van der Waals surface area contributed by atoms with Gasteiger partial charge in [0.05, 0.1) is 0 Å². The van der Waals surface area contributed by atoms with E-state index in [1.54, 1.807) is 3.26 Å². The van der Waals surface area contributed by atoms with Gasteiger partial charge in [-0.05, 0) is 0 Å². The summed E-state index contributed by atoms with van der Waals surface area (Å²) in [6.45, 7) is 2.25. The van der Waals surface area contributed by atoms with E-state index in [-0.39, 0.29) is 0 Å². The van der Waals surface area contributed by atoms with Crippen LogP contribution in [0.25, 0.3) is 12.2 Å². The Hall–Kier alpha value is -1.47. The van der Waals surface area contributed by atoms with Gasteiger partial charge in [0.2, 0.25) is 0 Å². The van der Waals surface area contributed by atoms with Crippen LogP contribution in [0.1, 0.15) is 41.0 Å². The molecule has 1 heteroatoms. The molecule has 2 unspecified atom stereocenters. The van der Waals surface area contributed by atoms with E-state index < -0.39 is 21.9 Å². The third-order valence-electron chi connectivity index (χ3n) is 4.58. The van der Waals surface area contributed by atoms with Crippen LogP contribution in [0.15, 0.2) is 60.7 Å². The molecule has 0 N–H and O–H groups in total. The SMILES string of the molecule is C[CH]=[Hf]=[C](C1C=Cc2ccccc21)C1C=Cc2ccccc21. The summed E-state index contributed by atoms with van der Waals surface area (Å²) in [5, 5.41) is 0. The Morgan fingerprint density at radius 2 is 1.32 bits per heavy atom. The molecule has 2 aromatic rings. The molecule has 0 saturated carbocycles. The predicted molar refractivity (Wildman–Crippen MR) is 93.2 cm³/mol. The van der Waals surface area contributed by atoms with Crippen LogP contribution >= 0.6 is 0 Å². The van der Waals surface area contributed by atoms with E-state index in [1.807, 2.05) is 0 Å².